The Bertz CT molecular complexity index is 392. The van der Waals surface area contributed by atoms with Crippen LogP contribution in [-0.2, 0) is 8.85 Å². The van der Waals surface area contributed by atoms with Gasteiger partial charge in [0.05, 0.1) is 11.2 Å². The van der Waals surface area contributed by atoms with E-state index in [1.165, 1.54) is 10.4 Å². The van der Waals surface area contributed by atoms with E-state index in [2.05, 4.69) is 65.8 Å². The Kier molecular flexibility index (Phi) is 9.49. The molecular formula is C20H38O2Si2. The summed E-state index contributed by atoms with van der Waals surface area (Å²) in [5, 5.41) is 2.81. The lowest BCUT2D eigenvalue weighted by molar-refractivity contribution is 0.0625. The number of hydrogen-bond acceptors (Lipinski definition) is 2. The zero-order valence-corrected chi connectivity index (χ0v) is 19.6. The van der Waals surface area contributed by atoms with Gasteiger partial charge in [-0.1, -0.05) is 65.8 Å². The molecule has 0 aliphatic carbocycles. The van der Waals surface area contributed by atoms with Gasteiger partial charge in [0.2, 0.25) is 0 Å². The van der Waals surface area contributed by atoms with Crippen LogP contribution in [0.15, 0.2) is 24.3 Å². The van der Waals surface area contributed by atoms with Gasteiger partial charge >= 0.3 is 0 Å². The summed E-state index contributed by atoms with van der Waals surface area (Å²) in [6.07, 6.45) is 6.66. The molecular weight excluding hydrogens is 328 g/mol. The first kappa shape index (κ1) is 21.6. The van der Waals surface area contributed by atoms with Crippen molar-refractivity contribution >= 4 is 29.9 Å². The molecule has 0 heterocycles. The molecule has 0 radical (unpaired) electrons. The molecule has 24 heavy (non-hydrogen) atoms. The summed E-state index contributed by atoms with van der Waals surface area (Å²) in [5.41, 5.74) is 0.206. The van der Waals surface area contributed by atoms with Gasteiger partial charge in [0.25, 0.3) is 0 Å². The highest BCUT2D eigenvalue weighted by molar-refractivity contribution is 6.49. The number of benzene rings is 1. The Hall–Kier alpha value is -0.426. The van der Waals surface area contributed by atoms with Crippen LogP contribution in [0.4, 0.5) is 0 Å². The van der Waals surface area contributed by atoms with Crippen molar-refractivity contribution in [3.05, 3.63) is 24.3 Å². The molecule has 0 aromatic heterocycles. The maximum atomic E-state index is 6.39. The average molecular weight is 367 g/mol. The molecule has 0 N–H and O–H groups in total. The van der Waals surface area contributed by atoms with Crippen LogP contribution in [0.2, 0.25) is 0 Å². The van der Waals surface area contributed by atoms with Crippen molar-refractivity contribution in [1.82, 2.24) is 0 Å². The molecule has 4 heteroatoms. The summed E-state index contributed by atoms with van der Waals surface area (Å²) >= 11 is 0. The van der Waals surface area contributed by atoms with E-state index in [0.717, 1.165) is 38.5 Å². The van der Waals surface area contributed by atoms with Crippen LogP contribution in [0.3, 0.4) is 0 Å². The number of hydrogen-bond donors (Lipinski definition) is 0. The molecule has 0 unspecified atom stereocenters. The van der Waals surface area contributed by atoms with Crippen molar-refractivity contribution in [2.45, 2.75) is 91.3 Å². The lowest BCUT2D eigenvalue weighted by Crippen LogP contribution is -2.37. The van der Waals surface area contributed by atoms with Gasteiger partial charge in [-0.2, -0.15) is 0 Å². The Morgan fingerprint density at radius 2 is 0.833 bits per heavy atom. The van der Waals surface area contributed by atoms with Gasteiger partial charge in [0, 0.05) is 0 Å². The minimum Gasteiger partial charge on any atom is -0.413 e. The SMILES string of the molecule is CCC(CC)(CC)O[SiH2]c1ccc([SiH2]OC(CC)(CC)CC)cc1. The topological polar surface area (TPSA) is 18.5 Å². The largest absolute Gasteiger partial charge is 0.413 e. The third kappa shape index (κ3) is 5.83. The molecule has 0 spiro atoms. The van der Waals surface area contributed by atoms with Crippen molar-refractivity contribution in [2.75, 3.05) is 0 Å². The maximum absolute atomic E-state index is 6.39. The lowest BCUT2D eigenvalue weighted by atomic mass is 9.95. The molecule has 1 rings (SSSR count). The zero-order chi connectivity index (χ0) is 18.1. The van der Waals surface area contributed by atoms with Crippen LogP contribution in [0.1, 0.15) is 80.1 Å². The predicted octanol–water partition coefficient (Wildman–Crippen LogP) is 3.08. The summed E-state index contributed by atoms with van der Waals surface area (Å²) in [5.74, 6) is 0. The standard InChI is InChI=1S/C20H38O2Si2/c1-7-19(8-2,9-3)21-23-17-13-15-18(16-14-17)24-22-20(10-4,11-5)12-6/h13-16H,7-12,23-24H2,1-6H3. The van der Waals surface area contributed by atoms with Gasteiger partial charge in [0.15, 0.2) is 19.5 Å². The minimum absolute atomic E-state index is 0.103. The summed E-state index contributed by atoms with van der Waals surface area (Å²) in [6, 6.07) is 9.09. The molecule has 0 bridgehead atoms. The molecule has 0 saturated heterocycles. The van der Waals surface area contributed by atoms with Crippen molar-refractivity contribution in [3.63, 3.8) is 0 Å². The second-order valence-electron chi connectivity index (χ2n) is 6.88. The van der Waals surface area contributed by atoms with E-state index >= 15 is 0 Å². The highest BCUT2D eigenvalue weighted by Gasteiger charge is 2.25. The normalized spacial score (nSPS) is 13.6. The molecule has 0 saturated carbocycles. The van der Waals surface area contributed by atoms with Crippen LogP contribution in [0.5, 0.6) is 0 Å². The van der Waals surface area contributed by atoms with Crippen molar-refractivity contribution in [3.8, 4) is 0 Å². The second kappa shape index (κ2) is 10.5. The first-order valence-electron chi connectivity index (χ1n) is 9.88. The van der Waals surface area contributed by atoms with Crippen molar-refractivity contribution < 1.29 is 8.85 Å². The summed E-state index contributed by atoms with van der Waals surface area (Å²) in [7, 11) is -1.29. The summed E-state index contributed by atoms with van der Waals surface area (Å²) < 4.78 is 12.8. The highest BCUT2D eigenvalue weighted by atomic mass is 28.2. The fourth-order valence-corrected chi connectivity index (χ4v) is 6.34. The lowest BCUT2D eigenvalue weighted by Gasteiger charge is -2.32. The van der Waals surface area contributed by atoms with E-state index < -0.39 is 19.5 Å². The van der Waals surface area contributed by atoms with E-state index in [1.54, 1.807) is 0 Å². The van der Waals surface area contributed by atoms with Gasteiger partial charge in [-0.15, -0.1) is 0 Å². The Balaban J connectivity index is 2.60. The van der Waals surface area contributed by atoms with E-state index in [4.69, 9.17) is 8.85 Å². The van der Waals surface area contributed by atoms with Crippen molar-refractivity contribution in [1.29, 1.82) is 0 Å². The fourth-order valence-electron chi connectivity index (χ4n) is 3.32. The van der Waals surface area contributed by atoms with E-state index in [0.29, 0.717) is 0 Å². The Morgan fingerprint density at radius 3 is 1.04 bits per heavy atom. The van der Waals surface area contributed by atoms with Gasteiger partial charge in [0.1, 0.15) is 0 Å². The molecule has 2 nitrogen and oxygen atoms in total. The fraction of sp³-hybridized carbons (Fsp3) is 0.700. The molecule has 138 valence electrons. The molecule has 0 atom stereocenters. The molecule has 1 aromatic carbocycles. The third-order valence-corrected chi connectivity index (χ3v) is 9.10. The highest BCUT2D eigenvalue weighted by Crippen LogP contribution is 2.24. The van der Waals surface area contributed by atoms with Gasteiger partial charge in [-0.3, -0.25) is 0 Å². The van der Waals surface area contributed by atoms with Crippen LogP contribution < -0.4 is 10.4 Å². The first-order chi connectivity index (χ1) is 11.5. The predicted molar refractivity (Wildman–Crippen MR) is 112 cm³/mol. The molecule has 0 aliphatic heterocycles. The Labute approximate surface area is 154 Å². The second-order valence-corrected chi connectivity index (χ2v) is 9.67. The number of rotatable bonds is 12. The Morgan fingerprint density at radius 1 is 0.583 bits per heavy atom. The van der Waals surface area contributed by atoms with E-state index in [1.807, 2.05) is 0 Å². The van der Waals surface area contributed by atoms with E-state index in [-0.39, 0.29) is 11.2 Å². The summed E-state index contributed by atoms with van der Waals surface area (Å²) in [4.78, 5) is 0. The quantitative estimate of drug-likeness (QED) is 0.529. The minimum atomic E-state index is -0.644. The monoisotopic (exact) mass is 366 g/mol. The third-order valence-electron chi connectivity index (χ3n) is 5.98. The average Bonchev–Trinajstić information content (AvgIpc) is 2.66. The maximum Gasteiger partial charge on any atom is 0.193 e. The van der Waals surface area contributed by atoms with Crippen LogP contribution in [0.25, 0.3) is 0 Å². The van der Waals surface area contributed by atoms with Crippen LogP contribution in [0, 0.1) is 0 Å². The van der Waals surface area contributed by atoms with Gasteiger partial charge in [-0.05, 0) is 48.9 Å². The van der Waals surface area contributed by atoms with Gasteiger partial charge < -0.3 is 8.85 Å². The summed E-state index contributed by atoms with van der Waals surface area (Å²) in [6.45, 7) is 13.5. The van der Waals surface area contributed by atoms with Gasteiger partial charge in [-0.25, -0.2) is 0 Å². The first-order valence-corrected chi connectivity index (χ1v) is 12.4. The molecule has 1 aromatic rings. The zero-order valence-electron chi connectivity index (χ0n) is 16.8. The smallest absolute Gasteiger partial charge is 0.193 e. The van der Waals surface area contributed by atoms with Crippen LogP contribution in [-0.4, -0.2) is 30.7 Å². The molecule has 0 fully saturated rings. The van der Waals surface area contributed by atoms with Crippen molar-refractivity contribution in [2.24, 2.45) is 0 Å². The molecule has 0 amide bonds. The van der Waals surface area contributed by atoms with Crippen LogP contribution >= 0.6 is 0 Å². The molecule has 0 aliphatic rings. The van der Waals surface area contributed by atoms with E-state index in [9.17, 15) is 0 Å².